The number of aryl methyl sites for hydroxylation is 1. The van der Waals surface area contributed by atoms with Gasteiger partial charge in [-0.25, -0.2) is 9.48 Å². The predicted molar refractivity (Wildman–Crippen MR) is 64.0 cm³/mol. The fraction of sp³-hybridized carbons (Fsp3) is 0.182. The van der Waals surface area contributed by atoms with E-state index in [1.165, 1.54) is 17.1 Å². The molecule has 0 unspecified atom stereocenters. The van der Waals surface area contributed by atoms with Crippen LogP contribution >= 0.6 is 0 Å². The third-order valence-electron chi connectivity index (χ3n) is 2.46. The van der Waals surface area contributed by atoms with E-state index in [2.05, 4.69) is 15.3 Å². The second kappa shape index (κ2) is 5.25. The van der Waals surface area contributed by atoms with E-state index < -0.39 is 11.9 Å². The summed E-state index contributed by atoms with van der Waals surface area (Å²) in [5.74, 6) is -1.68. The van der Waals surface area contributed by atoms with E-state index >= 15 is 0 Å². The number of amides is 1. The monoisotopic (exact) mass is 261 g/mol. The first-order valence-corrected chi connectivity index (χ1v) is 5.45. The summed E-state index contributed by atoms with van der Waals surface area (Å²) >= 11 is 0. The van der Waals surface area contributed by atoms with Crippen LogP contribution < -0.4 is 5.73 Å². The molecule has 19 heavy (non-hydrogen) atoms. The number of hydrogen-bond donors (Lipinski definition) is 2. The van der Waals surface area contributed by atoms with Crippen LogP contribution in [0, 0.1) is 0 Å². The van der Waals surface area contributed by atoms with Crippen molar-refractivity contribution in [3.05, 3.63) is 30.2 Å². The highest BCUT2D eigenvalue weighted by Gasteiger charge is 2.20. The van der Waals surface area contributed by atoms with Gasteiger partial charge < -0.3 is 10.8 Å². The molecule has 0 bridgehead atoms. The summed E-state index contributed by atoms with van der Waals surface area (Å²) in [6.07, 6.45) is 3.12. The zero-order valence-electron chi connectivity index (χ0n) is 9.85. The van der Waals surface area contributed by atoms with Crippen LogP contribution in [-0.4, -0.2) is 37.0 Å². The van der Waals surface area contributed by atoms with Crippen molar-refractivity contribution in [2.45, 2.75) is 13.0 Å². The number of aromatic carboxylic acids is 1. The average molecular weight is 261 g/mol. The molecule has 2 aromatic rings. The van der Waals surface area contributed by atoms with Crippen LogP contribution in [-0.2, 0) is 11.3 Å². The number of hydrogen-bond acceptors (Lipinski definition) is 5. The standard InChI is InChI=1S/C11H11N5O3/c12-8(17)3-6-16-10(7-1-4-13-5-2-7)9(11(18)19)14-15-16/h1-2,4-5H,3,6H2,(H2,12,17)(H,18,19). The predicted octanol–water partition coefficient (Wildman–Crippen LogP) is -0.0863. The van der Waals surface area contributed by atoms with Crippen molar-refractivity contribution in [2.24, 2.45) is 5.73 Å². The SMILES string of the molecule is NC(=O)CCn1nnc(C(=O)O)c1-c1ccncc1. The summed E-state index contributed by atoms with van der Waals surface area (Å²) in [5.41, 5.74) is 5.84. The van der Waals surface area contributed by atoms with Crippen molar-refractivity contribution < 1.29 is 14.7 Å². The first-order valence-electron chi connectivity index (χ1n) is 5.45. The summed E-state index contributed by atoms with van der Waals surface area (Å²) in [6.45, 7) is 0.174. The molecule has 1 amide bonds. The third kappa shape index (κ3) is 2.73. The molecule has 8 heteroatoms. The van der Waals surface area contributed by atoms with Gasteiger partial charge in [0.2, 0.25) is 5.91 Å². The van der Waals surface area contributed by atoms with E-state index in [9.17, 15) is 9.59 Å². The molecule has 0 fully saturated rings. The molecule has 0 aliphatic rings. The van der Waals surface area contributed by atoms with E-state index in [0.29, 0.717) is 11.3 Å². The Kier molecular flexibility index (Phi) is 3.51. The minimum atomic E-state index is -1.18. The average Bonchev–Trinajstić information content (AvgIpc) is 2.81. The van der Waals surface area contributed by atoms with Crippen LogP contribution in [0.15, 0.2) is 24.5 Å². The Labute approximate surface area is 107 Å². The van der Waals surface area contributed by atoms with Crippen molar-refractivity contribution >= 4 is 11.9 Å². The maximum atomic E-state index is 11.1. The Morgan fingerprint density at radius 3 is 2.58 bits per heavy atom. The van der Waals surface area contributed by atoms with Gasteiger partial charge in [-0.1, -0.05) is 5.21 Å². The van der Waals surface area contributed by atoms with Crippen molar-refractivity contribution in [2.75, 3.05) is 0 Å². The molecule has 0 atom stereocenters. The lowest BCUT2D eigenvalue weighted by Gasteiger charge is -2.05. The number of pyridine rings is 1. The zero-order chi connectivity index (χ0) is 13.8. The van der Waals surface area contributed by atoms with Crippen LogP contribution in [0.4, 0.5) is 0 Å². The van der Waals surface area contributed by atoms with Crippen LogP contribution in [0.25, 0.3) is 11.3 Å². The van der Waals surface area contributed by atoms with Gasteiger partial charge in [0.1, 0.15) is 5.69 Å². The van der Waals surface area contributed by atoms with Gasteiger partial charge in [0.25, 0.3) is 0 Å². The van der Waals surface area contributed by atoms with Crippen molar-refractivity contribution in [1.82, 2.24) is 20.0 Å². The third-order valence-corrected chi connectivity index (χ3v) is 2.46. The fourth-order valence-electron chi connectivity index (χ4n) is 1.63. The molecule has 2 rings (SSSR count). The van der Waals surface area contributed by atoms with Crippen molar-refractivity contribution in [3.63, 3.8) is 0 Å². The number of carboxylic acid groups (broad SMARTS) is 1. The quantitative estimate of drug-likeness (QED) is 0.775. The van der Waals surface area contributed by atoms with Crippen molar-refractivity contribution in [3.8, 4) is 11.3 Å². The maximum Gasteiger partial charge on any atom is 0.358 e. The van der Waals surface area contributed by atoms with E-state index in [1.54, 1.807) is 12.1 Å². The first kappa shape index (κ1) is 12.7. The van der Waals surface area contributed by atoms with Crippen LogP contribution in [0.5, 0.6) is 0 Å². The lowest BCUT2D eigenvalue weighted by molar-refractivity contribution is -0.118. The topological polar surface area (TPSA) is 124 Å². The lowest BCUT2D eigenvalue weighted by Crippen LogP contribution is -2.15. The number of carbonyl (C=O) groups excluding carboxylic acids is 1. The smallest absolute Gasteiger partial charge is 0.358 e. The minimum Gasteiger partial charge on any atom is -0.476 e. The molecule has 0 aliphatic heterocycles. The van der Waals surface area contributed by atoms with Crippen LogP contribution in [0.3, 0.4) is 0 Å². The van der Waals surface area contributed by atoms with Gasteiger partial charge in [-0.2, -0.15) is 0 Å². The molecule has 2 aromatic heterocycles. The first-order chi connectivity index (χ1) is 9.09. The van der Waals surface area contributed by atoms with Gasteiger partial charge in [0.15, 0.2) is 5.69 Å². The normalized spacial score (nSPS) is 10.3. The van der Waals surface area contributed by atoms with Gasteiger partial charge in [-0.15, -0.1) is 5.10 Å². The van der Waals surface area contributed by atoms with E-state index in [1.807, 2.05) is 0 Å². The lowest BCUT2D eigenvalue weighted by atomic mass is 10.1. The number of rotatable bonds is 5. The van der Waals surface area contributed by atoms with Gasteiger partial charge in [0, 0.05) is 24.4 Å². The molecule has 0 aromatic carbocycles. The number of aromatic nitrogens is 4. The largest absolute Gasteiger partial charge is 0.476 e. The highest BCUT2D eigenvalue weighted by molar-refractivity contribution is 5.92. The van der Waals surface area contributed by atoms with Gasteiger partial charge in [-0.3, -0.25) is 9.78 Å². The fourth-order valence-corrected chi connectivity index (χ4v) is 1.63. The van der Waals surface area contributed by atoms with Gasteiger partial charge >= 0.3 is 5.97 Å². The molecule has 0 radical (unpaired) electrons. The molecule has 0 aliphatic carbocycles. The number of carbonyl (C=O) groups is 2. The van der Waals surface area contributed by atoms with Crippen LogP contribution in [0.1, 0.15) is 16.9 Å². The molecule has 2 heterocycles. The molecular formula is C11H11N5O3. The highest BCUT2D eigenvalue weighted by Crippen LogP contribution is 2.21. The summed E-state index contributed by atoms with van der Waals surface area (Å²) in [4.78, 5) is 25.8. The number of carboxylic acids is 1. The maximum absolute atomic E-state index is 11.1. The van der Waals surface area contributed by atoms with Gasteiger partial charge in [-0.05, 0) is 12.1 Å². The second-order valence-electron chi connectivity index (χ2n) is 3.77. The zero-order valence-corrected chi connectivity index (χ0v) is 9.85. The van der Waals surface area contributed by atoms with E-state index in [0.717, 1.165) is 0 Å². The molecule has 3 N–H and O–H groups in total. The summed E-state index contributed by atoms with van der Waals surface area (Å²) < 4.78 is 1.35. The van der Waals surface area contributed by atoms with Gasteiger partial charge in [0.05, 0.1) is 6.54 Å². The Hall–Kier alpha value is -2.77. The summed E-state index contributed by atoms with van der Waals surface area (Å²) in [6, 6.07) is 3.29. The Balaban J connectivity index is 2.45. The molecule has 0 saturated carbocycles. The summed E-state index contributed by atoms with van der Waals surface area (Å²) in [5, 5.41) is 16.4. The molecular weight excluding hydrogens is 250 g/mol. The minimum absolute atomic E-state index is 0.0561. The highest BCUT2D eigenvalue weighted by atomic mass is 16.4. The Morgan fingerprint density at radius 2 is 2.00 bits per heavy atom. The Morgan fingerprint density at radius 1 is 1.32 bits per heavy atom. The van der Waals surface area contributed by atoms with E-state index in [-0.39, 0.29) is 18.7 Å². The van der Waals surface area contributed by atoms with E-state index in [4.69, 9.17) is 10.8 Å². The second-order valence-corrected chi connectivity index (χ2v) is 3.77. The number of nitrogens with two attached hydrogens (primary N) is 1. The molecule has 98 valence electrons. The molecule has 0 spiro atoms. The van der Waals surface area contributed by atoms with Crippen LogP contribution in [0.2, 0.25) is 0 Å². The number of primary amides is 1. The van der Waals surface area contributed by atoms with Crippen molar-refractivity contribution in [1.29, 1.82) is 0 Å². The summed E-state index contributed by atoms with van der Waals surface area (Å²) in [7, 11) is 0. The Bertz CT molecular complexity index is 608. The molecule has 8 nitrogen and oxygen atoms in total. The molecule has 0 saturated heterocycles. The number of nitrogens with zero attached hydrogens (tertiary/aromatic N) is 4.